The van der Waals surface area contributed by atoms with Crippen molar-refractivity contribution in [3.8, 4) is 11.5 Å². The minimum Gasteiger partial charge on any atom is -0.497 e. The molecule has 4 rings (SSSR count). The van der Waals surface area contributed by atoms with Gasteiger partial charge < -0.3 is 18.8 Å². The number of hydrogen-bond donors (Lipinski definition) is 0. The van der Waals surface area contributed by atoms with Gasteiger partial charge in [0.2, 0.25) is 0 Å². The van der Waals surface area contributed by atoms with Gasteiger partial charge in [0.1, 0.15) is 17.3 Å². The van der Waals surface area contributed by atoms with E-state index in [-0.39, 0.29) is 18.4 Å². The van der Waals surface area contributed by atoms with Crippen LogP contribution in [-0.2, 0) is 11.2 Å². The lowest BCUT2D eigenvalue weighted by Crippen LogP contribution is -2.41. The Hall–Kier alpha value is -2.99. The Morgan fingerprint density at radius 1 is 1.19 bits per heavy atom. The predicted molar refractivity (Wildman–Crippen MR) is 118 cm³/mol. The number of carbonyl (C=O) groups excluding carboxylic acids is 1. The molecule has 2 heterocycles. The molecule has 0 N–H and O–H groups in total. The summed E-state index contributed by atoms with van der Waals surface area (Å²) in [6.07, 6.45) is 4.19. The maximum atomic E-state index is 12.7. The Bertz CT molecular complexity index is 1020. The van der Waals surface area contributed by atoms with E-state index < -0.39 is 0 Å². The maximum absolute atomic E-state index is 12.7. The van der Waals surface area contributed by atoms with Gasteiger partial charge in [-0.3, -0.25) is 4.79 Å². The normalized spacial score (nSPS) is 16.2. The van der Waals surface area contributed by atoms with Crippen LogP contribution in [0.1, 0.15) is 36.0 Å². The second-order valence-corrected chi connectivity index (χ2v) is 7.98. The van der Waals surface area contributed by atoms with Crippen molar-refractivity contribution in [3.05, 3.63) is 77.0 Å². The highest BCUT2D eigenvalue weighted by Gasteiger charge is 2.28. The minimum atomic E-state index is -0.0386. The van der Waals surface area contributed by atoms with E-state index in [1.807, 2.05) is 29.2 Å². The van der Waals surface area contributed by atoms with Crippen LogP contribution in [0.25, 0.3) is 0 Å². The molecule has 2 aromatic carbocycles. The fourth-order valence-electron chi connectivity index (χ4n) is 3.74. The molecule has 0 aliphatic carbocycles. The first-order valence-corrected chi connectivity index (χ1v) is 10.7. The molecule has 162 valence electrons. The number of piperidine rings is 1. The van der Waals surface area contributed by atoms with Gasteiger partial charge in [0, 0.05) is 24.5 Å². The van der Waals surface area contributed by atoms with E-state index >= 15 is 0 Å². The molecule has 1 aromatic heterocycles. The van der Waals surface area contributed by atoms with E-state index in [1.54, 1.807) is 37.6 Å². The van der Waals surface area contributed by atoms with Crippen molar-refractivity contribution in [1.82, 2.24) is 9.88 Å². The van der Waals surface area contributed by atoms with Crippen molar-refractivity contribution >= 4 is 17.5 Å². The minimum absolute atomic E-state index is 0.00237. The average molecular weight is 441 g/mol. The van der Waals surface area contributed by atoms with E-state index in [1.165, 1.54) is 0 Å². The highest BCUT2D eigenvalue weighted by atomic mass is 35.5. The lowest BCUT2D eigenvalue weighted by molar-refractivity contribution is -0.134. The molecule has 1 aliphatic heterocycles. The van der Waals surface area contributed by atoms with Crippen LogP contribution in [0, 0.1) is 0 Å². The zero-order valence-electron chi connectivity index (χ0n) is 17.4. The van der Waals surface area contributed by atoms with Gasteiger partial charge in [0.05, 0.1) is 19.2 Å². The largest absolute Gasteiger partial charge is 0.497 e. The summed E-state index contributed by atoms with van der Waals surface area (Å²) in [5.41, 5.74) is 1.00. The van der Waals surface area contributed by atoms with Gasteiger partial charge in [-0.25, -0.2) is 4.98 Å². The summed E-state index contributed by atoms with van der Waals surface area (Å²) in [5.74, 6) is 2.88. The van der Waals surface area contributed by atoms with Gasteiger partial charge in [-0.2, -0.15) is 0 Å². The number of likely N-dealkylation sites (tertiary alicyclic amines) is 1. The van der Waals surface area contributed by atoms with E-state index in [0.29, 0.717) is 36.2 Å². The second-order valence-electron chi connectivity index (χ2n) is 7.58. The zero-order chi connectivity index (χ0) is 21.6. The number of oxazole rings is 1. The zero-order valence-corrected chi connectivity index (χ0v) is 18.2. The Labute approximate surface area is 186 Å². The fraction of sp³-hybridized carbons (Fsp3) is 0.333. The van der Waals surface area contributed by atoms with Gasteiger partial charge in [-0.15, -0.1) is 0 Å². The van der Waals surface area contributed by atoms with Gasteiger partial charge in [-0.05, 0) is 48.7 Å². The molecule has 0 spiro atoms. The highest BCUT2D eigenvalue weighted by Crippen LogP contribution is 2.28. The number of amides is 1. The smallest absolute Gasteiger partial charge is 0.260 e. The third kappa shape index (κ3) is 5.39. The number of methoxy groups -OCH3 is 1. The van der Waals surface area contributed by atoms with Crippen molar-refractivity contribution in [3.63, 3.8) is 0 Å². The quantitative estimate of drug-likeness (QED) is 0.532. The Kier molecular flexibility index (Phi) is 6.77. The number of carbonyl (C=O) groups is 1. The molecule has 1 fully saturated rings. The summed E-state index contributed by atoms with van der Waals surface area (Å²) < 4.78 is 16.8. The molecule has 6 nitrogen and oxygen atoms in total. The first-order valence-electron chi connectivity index (χ1n) is 10.3. The molecule has 1 atom stereocenters. The molecular weight excluding hydrogens is 416 g/mol. The Balaban J connectivity index is 1.33. The number of ether oxygens (including phenoxy) is 2. The summed E-state index contributed by atoms with van der Waals surface area (Å²) in [6.45, 7) is 1.30. The van der Waals surface area contributed by atoms with Crippen LogP contribution >= 0.6 is 11.6 Å². The number of halogens is 1. The van der Waals surface area contributed by atoms with Crippen LogP contribution in [0.15, 0.2) is 59.1 Å². The van der Waals surface area contributed by atoms with Crippen LogP contribution in [0.2, 0.25) is 5.02 Å². The van der Waals surface area contributed by atoms with Crippen LogP contribution < -0.4 is 9.47 Å². The summed E-state index contributed by atoms with van der Waals surface area (Å²) in [7, 11) is 1.61. The molecule has 3 aromatic rings. The topological polar surface area (TPSA) is 64.8 Å². The third-order valence-electron chi connectivity index (χ3n) is 5.44. The number of hydrogen-bond acceptors (Lipinski definition) is 5. The first kappa shape index (κ1) is 21.2. The van der Waals surface area contributed by atoms with Crippen LogP contribution in [0.5, 0.6) is 11.5 Å². The number of rotatable bonds is 7. The highest BCUT2D eigenvalue weighted by molar-refractivity contribution is 6.31. The van der Waals surface area contributed by atoms with Crippen molar-refractivity contribution < 1.29 is 18.7 Å². The van der Waals surface area contributed by atoms with Gasteiger partial charge in [-0.1, -0.05) is 29.8 Å². The van der Waals surface area contributed by atoms with Gasteiger partial charge in [0.15, 0.2) is 12.5 Å². The third-order valence-corrected chi connectivity index (χ3v) is 5.81. The first-order chi connectivity index (χ1) is 15.1. The fourth-order valence-corrected chi connectivity index (χ4v) is 3.94. The van der Waals surface area contributed by atoms with Crippen molar-refractivity contribution in [2.45, 2.75) is 25.2 Å². The monoisotopic (exact) mass is 440 g/mol. The molecule has 1 unspecified atom stereocenters. The molecule has 0 bridgehead atoms. The molecule has 7 heteroatoms. The molecular formula is C24H25ClN2O4. The Morgan fingerprint density at radius 2 is 1.97 bits per heavy atom. The lowest BCUT2D eigenvalue weighted by atomic mass is 9.98. The maximum Gasteiger partial charge on any atom is 0.260 e. The molecule has 1 amide bonds. The lowest BCUT2D eigenvalue weighted by Gasteiger charge is -2.31. The second kappa shape index (κ2) is 9.88. The number of aromatic nitrogens is 1. The van der Waals surface area contributed by atoms with E-state index in [2.05, 4.69) is 4.98 Å². The van der Waals surface area contributed by atoms with Crippen LogP contribution in [-0.4, -0.2) is 42.6 Å². The molecule has 31 heavy (non-hydrogen) atoms. The average Bonchev–Trinajstić information content (AvgIpc) is 3.28. The van der Waals surface area contributed by atoms with Gasteiger partial charge in [0.25, 0.3) is 5.91 Å². The Morgan fingerprint density at radius 3 is 2.74 bits per heavy atom. The van der Waals surface area contributed by atoms with Crippen molar-refractivity contribution in [1.29, 1.82) is 0 Å². The van der Waals surface area contributed by atoms with Crippen molar-refractivity contribution in [2.24, 2.45) is 0 Å². The van der Waals surface area contributed by atoms with Crippen molar-refractivity contribution in [2.75, 3.05) is 26.8 Å². The standard InChI is InChI=1S/C24H25ClN2O4/c1-29-19-8-10-20(11-9-19)30-16-23(28)27-12-4-6-18(15-27)24-26-14-21(31-24)13-17-5-2-3-7-22(17)25/h2-3,5,7-11,14,18H,4,6,12-13,15-16H2,1H3. The molecule has 1 saturated heterocycles. The molecule has 0 radical (unpaired) electrons. The van der Waals surface area contributed by atoms with E-state index in [4.69, 9.17) is 25.5 Å². The number of benzene rings is 2. The number of nitrogens with zero attached hydrogens (tertiary/aromatic N) is 2. The summed E-state index contributed by atoms with van der Waals surface area (Å²) >= 11 is 6.25. The predicted octanol–water partition coefficient (Wildman–Crippen LogP) is 4.71. The van der Waals surface area contributed by atoms with E-state index in [0.717, 1.165) is 29.9 Å². The summed E-state index contributed by atoms with van der Waals surface area (Å²) in [5, 5.41) is 0.715. The summed E-state index contributed by atoms with van der Waals surface area (Å²) in [4.78, 5) is 19.0. The van der Waals surface area contributed by atoms with Crippen LogP contribution in [0.3, 0.4) is 0 Å². The molecule has 0 saturated carbocycles. The molecule has 1 aliphatic rings. The summed E-state index contributed by atoms with van der Waals surface area (Å²) in [6, 6.07) is 14.9. The SMILES string of the molecule is COc1ccc(OCC(=O)N2CCCC(c3ncc(Cc4ccccc4Cl)o3)C2)cc1. The van der Waals surface area contributed by atoms with Crippen LogP contribution in [0.4, 0.5) is 0 Å². The van der Waals surface area contributed by atoms with Gasteiger partial charge >= 0.3 is 0 Å². The van der Waals surface area contributed by atoms with E-state index in [9.17, 15) is 4.79 Å².